The van der Waals surface area contributed by atoms with Crippen LogP contribution >= 0.6 is 0 Å². The SMILES string of the molecule is CCn1cc(NC(=O)CCc2onc(-c3ccc(O)cc3)c2C2CC2)c(C(=O)O)c1.[KH]. The van der Waals surface area contributed by atoms with Crippen molar-refractivity contribution in [2.24, 2.45) is 0 Å². The number of aryl methyl sites for hydroxylation is 2. The molecule has 0 unspecified atom stereocenters. The molecular formula is C22H24KN3O5. The van der Waals surface area contributed by atoms with Crippen LogP contribution in [0.2, 0.25) is 0 Å². The number of anilines is 1. The number of hydrogen-bond acceptors (Lipinski definition) is 5. The van der Waals surface area contributed by atoms with Gasteiger partial charge in [-0.05, 0) is 49.9 Å². The molecule has 0 bridgehead atoms. The Hall–Kier alpha value is -1.91. The van der Waals surface area contributed by atoms with E-state index in [0.29, 0.717) is 30.3 Å². The fourth-order valence-corrected chi connectivity index (χ4v) is 3.53. The average Bonchev–Trinajstić information content (AvgIpc) is 3.34. The molecule has 4 rings (SSSR count). The van der Waals surface area contributed by atoms with Gasteiger partial charge in [-0.2, -0.15) is 0 Å². The number of rotatable bonds is 8. The Balaban J connectivity index is 0.00000272. The summed E-state index contributed by atoms with van der Waals surface area (Å²) >= 11 is 0. The van der Waals surface area contributed by atoms with Gasteiger partial charge < -0.3 is 24.6 Å². The molecule has 2 heterocycles. The van der Waals surface area contributed by atoms with Gasteiger partial charge in [-0.1, -0.05) is 5.16 Å². The number of phenolic OH excluding ortho intramolecular Hbond substituents is 1. The normalized spacial score (nSPS) is 12.9. The molecule has 0 atom stereocenters. The number of carboxylic acids is 1. The Morgan fingerprint density at radius 2 is 1.94 bits per heavy atom. The molecule has 3 N–H and O–H groups in total. The first-order valence-corrected chi connectivity index (χ1v) is 9.97. The number of hydrogen-bond donors (Lipinski definition) is 3. The quantitative estimate of drug-likeness (QED) is 0.454. The van der Waals surface area contributed by atoms with E-state index in [-0.39, 0.29) is 75.0 Å². The third-order valence-corrected chi connectivity index (χ3v) is 5.26. The monoisotopic (exact) mass is 449 g/mol. The van der Waals surface area contributed by atoms with Crippen LogP contribution in [0.3, 0.4) is 0 Å². The van der Waals surface area contributed by atoms with Crippen molar-refractivity contribution in [1.82, 2.24) is 9.72 Å². The van der Waals surface area contributed by atoms with Gasteiger partial charge in [0.2, 0.25) is 5.91 Å². The predicted octanol–water partition coefficient (Wildman–Crippen LogP) is 3.37. The minimum atomic E-state index is -1.08. The minimum absolute atomic E-state index is 0. The Morgan fingerprint density at radius 1 is 1.23 bits per heavy atom. The molecule has 9 heteroatoms. The van der Waals surface area contributed by atoms with Crippen LogP contribution in [0.25, 0.3) is 11.3 Å². The van der Waals surface area contributed by atoms with Gasteiger partial charge in [-0.3, -0.25) is 4.79 Å². The second-order valence-corrected chi connectivity index (χ2v) is 7.46. The molecule has 0 aliphatic heterocycles. The third kappa shape index (κ3) is 5.47. The molecule has 158 valence electrons. The molecule has 1 aliphatic carbocycles. The molecule has 2 aromatic heterocycles. The van der Waals surface area contributed by atoms with E-state index in [1.165, 1.54) is 6.20 Å². The van der Waals surface area contributed by atoms with Crippen LogP contribution in [0.4, 0.5) is 5.69 Å². The van der Waals surface area contributed by atoms with Crippen molar-refractivity contribution in [2.45, 2.75) is 45.1 Å². The predicted molar refractivity (Wildman–Crippen MR) is 117 cm³/mol. The maximum atomic E-state index is 12.5. The van der Waals surface area contributed by atoms with Crippen LogP contribution in [-0.2, 0) is 17.8 Å². The first-order valence-electron chi connectivity index (χ1n) is 9.97. The van der Waals surface area contributed by atoms with Crippen molar-refractivity contribution in [3.63, 3.8) is 0 Å². The fraction of sp³-hybridized carbons (Fsp3) is 0.318. The van der Waals surface area contributed by atoms with E-state index in [2.05, 4.69) is 10.5 Å². The molecule has 1 aromatic carbocycles. The van der Waals surface area contributed by atoms with Crippen LogP contribution in [0.1, 0.15) is 53.8 Å². The van der Waals surface area contributed by atoms with Crippen molar-refractivity contribution in [2.75, 3.05) is 5.32 Å². The van der Waals surface area contributed by atoms with Gasteiger partial charge in [0.05, 0.1) is 5.69 Å². The summed E-state index contributed by atoms with van der Waals surface area (Å²) in [5.74, 6) is -0.127. The zero-order valence-electron chi connectivity index (χ0n) is 16.6. The first-order chi connectivity index (χ1) is 14.5. The van der Waals surface area contributed by atoms with Gasteiger partial charge in [0, 0.05) is 42.9 Å². The zero-order valence-corrected chi connectivity index (χ0v) is 16.6. The molecule has 0 spiro atoms. The molecule has 1 saturated carbocycles. The second-order valence-electron chi connectivity index (χ2n) is 7.46. The van der Waals surface area contributed by atoms with Crippen molar-refractivity contribution < 1.29 is 24.3 Å². The van der Waals surface area contributed by atoms with E-state index >= 15 is 0 Å². The number of benzene rings is 1. The second kappa shape index (κ2) is 10.1. The van der Waals surface area contributed by atoms with E-state index < -0.39 is 5.97 Å². The number of aromatic hydroxyl groups is 1. The summed E-state index contributed by atoms with van der Waals surface area (Å²) in [6.07, 6.45) is 5.76. The van der Waals surface area contributed by atoms with E-state index in [0.717, 1.165) is 29.7 Å². The number of carboxylic acid groups (broad SMARTS) is 1. The number of nitrogens with zero attached hydrogens (tertiary/aromatic N) is 2. The molecule has 1 aliphatic rings. The van der Waals surface area contributed by atoms with Gasteiger partial charge in [-0.25, -0.2) is 4.79 Å². The summed E-state index contributed by atoms with van der Waals surface area (Å²) in [5, 5.41) is 25.8. The number of amides is 1. The molecule has 31 heavy (non-hydrogen) atoms. The van der Waals surface area contributed by atoms with Crippen LogP contribution in [-0.4, -0.2) is 83.2 Å². The summed E-state index contributed by atoms with van der Waals surface area (Å²) in [6, 6.07) is 6.80. The van der Waals surface area contributed by atoms with Crippen molar-refractivity contribution in [1.29, 1.82) is 0 Å². The van der Waals surface area contributed by atoms with Gasteiger partial charge >= 0.3 is 57.4 Å². The molecule has 0 radical (unpaired) electrons. The summed E-state index contributed by atoms with van der Waals surface area (Å²) in [7, 11) is 0. The Morgan fingerprint density at radius 3 is 2.55 bits per heavy atom. The third-order valence-electron chi connectivity index (χ3n) is 5.26. The Labute approximate surface area is 222 Å². The number of nitrogens with one attached hydrogen (secondary N) is 1. The summed E-state index contributed by atoms with van der Waals surface area (Å²) in [5.41, 5.74) is 3.00. The first kappa shape index (κ1) is 23.7. The van der Waals surface area contributed by atoms with Crippen molar-refractivity contribution in [3.05, 3.63) is 53.5 Å². The molecular weight excluding hydrogens is 425 g/mol. The number of carbonyl (C=O) groups is 2. The summed E-state index contributed by atoms with van der Waals surface area (Å²) < 4.78 is 7.29. The van der Waals surface area contributed by atoms with E-state index in [4.69, 9.17) is 4.52 Å². The molecule has 8 nitrogen and oxygen atoms in total. The topological polar surface area (TPSA) is 118 Å². The van der Waals surface area contributed by atoms with E-state index in [9.17, 15) is 19.8 Å². The van der Waals surface area contributed by atoms with Crippen LogP contribution < -0.4 is 5.32 Å². The molecule has 3 aromatic rings. The van der Waals surface area contributed by atoms with Gasteiger partial charge in [-0.15, -0.1) is 0 Å². The number of phenols is 1. The van der Waals surface area contributed by atoms with Crippen LogP contribution in [0, 0.1) is 0 Å². The zero-order chi connectivity index (χ0) is 21.3. The van der Waals surface area contributed by atoms with E-state index in [1.54, 1.807) is 35.0 Å². The molecule has 0 saturated heterocycles. The standard InChI is InChI=1S/C22H23N3O5.K.H/c1-2-25-11-16(22(28)29)17(12-25)23-19(27)10-9-18-20(13-3-4-13)21(24-30-18)14-5-7-15(26)8-6-14;;/h5-8,11-13,26H,2-4,9-10H2,1H3,(H,23,27)(H,28,29);;. The average molecular weight is 450 g/mol. The molecule has 1 amide bonds. The number of aromatic nitrogens is 2. The Kier molecular flexibility index (Phi) is 7.76. The van der Waals surface area contributed by atoms with E-state index in [1.807, 2.05) is 6.92 Å². The number of aromatic carboxylic acids is 1. The van der Waals surface area contributed by atoms with Crippen LogP contribution in [0.5, 0.6) is 5.75 Å². The van der Waals surface area contributed by atoms with Crippen molar-refractivity contribution >= 4 is 68.9 Å². The van der Waals surface area contributed by atoms with Crippen LogP contribution in [0.15, 0.2) is 41.2 Å². The van der Waals surface area contributed by atoms with Crippen molar-refractivity contribution in [3.8, 4) is 17.0 Å². The number of carbonyl (C=O) groups excluding carboxylic acids is 1. The molecule has 1 fully saturated rings. The van der Waals surface area contributed by atoms with Gasteiger partial charge in [0.25, 0.3) is 0 Å². The fourth-order valence-electron chi connectivity index (χ4n) is 3.53. The summed E-state index contributed by atoms with van der Waals surface area (Å²) in [6.45, 7) is 2.51. The summed E-state index contributed by atoms with van der Waals surface area (Å²) in [4.78, 5) is 23.9. The Bertz CT molecular complexity index is 1080. The maximum absolute atomic E-state index is 12.5. The van der Waals surface area contributed by atoms with Gasteiger partial charge in [0.1, 0.15) is 22.8 Å². The van der Waals surface area contributed by atoms with Gasteiger partial charge in [0.15, 0.2) is 0 Å².